The summed E-state index contributed by atoms with van der Waals surface area (Å²) in [6, 6.07) is 6.39. The first-order chi connectivity index (χ1) is 10.4. The van der Waals surface area contributed by atoms with E-state index in [0.29, 0.717) is 16.5 Å². The second-order valence-corrected chi connectivity index (χ2v) is 7.85. The summed E-state index contributed by atoms with van der Waals surface area (Å²) < 4.78 is 37.9. The number of anilines is 1. The van der Waals surface area contributed by atoms with E-state index in [0.717, 1.165) is 11.3 Å². The zero-order chi connectivity index (χ0) is 16.3. The number of hydrogen-bond acceptors (Lipinski definition) is 5. The van der Waals surface area contributed by atoms with E-state index < -0.39 is 10.0 Å². The fourth-order valence-corrected chi connectivity index (χ4v) is 4.42. The van der Waals surface area contributed by atoms with Crippen molar-refractivity contribution in [2.24, 2.45) is 0 Å². The lowest BCUT2D eigenvalue weighted by Crippen LogP contribution is -2.12. The van der Waals surface area contributed by atoms with E-state index in [1.165, 1.54) is 37.7 Å². The lowest BCUT2D eigenvalue weighted by molar-refractivity contribution is 0.405. The molecule has 0 amide bonds. The Morgan fingerprint density at radius 2 is 1.86 bits per heavy atom. The third-order valence-electron chi connectivity index (χ3n) is 2.97. The van der Waals surface area contributed by atoms with Crippen LogP contribution < -0.4 is 14.2 Å². The Morgan fingerprint density at radius 1 is 1.18 bits per heavy atom. The van der Waals surface area contributed by atoms with Crippen molar-refractivity contribution in [2.75, 3.05) is 18.9 Å². The Balaban J connectivity index is 2.40. The topological polar surface area (TPSA) is 64.6 Å². The van der Waals surface area contributed by atoms with Crippen molar-refractivity contribution in [1.29, 1.82) is 0 Å². The van der Waals surface area contributed by atoms with Gasteiger partial charge in [0, 0.05) is 17.0 Å². The Morgan fingerprint density at radius 3 is 2.41 bits per heavy atom. The van der Waals surface area contributed by atoms with Crippen LogP contribution in [0.25, 0.3) is 0 Å². The van der Waals surface area contributed by atoms with Crippen LogP contribution in [0, 0.1) is 0 Å². The molecule has 0 aliphatic heterocycles. The molecule has 0 aliphatic carbocycles. The molecule has 0 atom stereocenters. The monoisotopic (exact) mass is 361 g/mol. The highest BCUT2D eigenvalue weighted by Crippen LogP contribution is 2.37. The van der Waals surface area contributed by atoms with Crippen molar-refractivity contribution in [2.45, 2.75) is 17.6 Å². The standard InChI is InChI=1S/C14H16ClNO4S2/c1-4-9-5-6-14(21-9)22(17,18)16-11-8-12(19-2)10(15)7-13(11)20-3/h5-8,16H,4H2,1-3H3. The Hall–Kier alpha value is -1.44. The average Bonchev–Trinajstić information content (AvgIpc) is 2.98. The van der Waals surface area contributed by atoms with Crippen LogP contribution in [-0.4, -0.2) is 22.6 Å². The maximum absolute atomic E-state index is 12.5. The van der Waals surface area contributed by atoms with Crippen molar-refractivity contribution >= 4 is 38.6 Å². The number of aryl methyl sites for hydroxylation is 1. The van der Waals surface area contributed by atoms with E-state index in [1.807, 2.05) is 6.92 Å². The molecule has 0 bridgehead atoms. The molecule has 0 unspecified atom stereocenters. The highest BCUT2D eigenvalue weighted by atomic mass is 35.5. The number of hydrogen-bond donors (Lipinski definition) is 1. The van der Waals surface area contributed by atoms with Gasteiger partial charge < -0.3 is 9.47 Å². The number of rotatable bonds is 6. The Kier molecular flexibility index (Phi) is 5.20. The minimum absolute atomic E-state index is 0.250. The highest BCUT2D eigenvalue weighted by Gasteiger charge is 2.20. The molecule has 120 valence electrons. The van der Waals surface area contributed by atoms with Gasteiger partial charge in [-0.2, -0.15) is 0 Å². The fraction of sp³-hybridized carbons (Fsp3) is 0.286. The molecule has 0 fully saturated rings. The van der Waals surface area contributed by atoms with E-state index in [1.54, 1.807) is 12.1 Å². The molecule has 1 aromatic heterocycles. The minimum atomic E-state index is -3.68. The van der Waals surface area contributed by atoms with Crippen LogP contribution >= 0.6 is 22.9 Å². The van der Waals surface area contributed by atoms with Gasteiger partial charge in [0.2, 0.25) is 0 Å². The zero-order valence-corrected chi connectivity index (χ0v) is 14.7. The normalized spacial score (nSPS) is 11.3. The van der Waals surface area contributed by atoms with Gasteiger partial charge in [-0.3, -0.25) is 4.72 Å². The van der Waals surface area contributed by atoms with Crippen LogP contribution in [0.15, 0.2) is 28.5 Å². The molecule has 0 spiro atoms. The molecule has 0 aliphatic rings. The van der Waals surface area contributed by atoms with Crippen molar-refractivity contribution < 1.29 is 17.9 Å². The summed E-state index contributed by atoms with van der Waals surface area (Å²) in [5.41, 5.74) is 0.273. The molecule has 1 N–H and O–H groups in total. The summed E-state index contributed by atoms with van der Waals surface area (Å²) >= 11 is 7.25. The third kappa shape index (κ3) is 3.48. The largest absolute Gasteiger partial charge is 0.495 e. The summed E-state index contributed by atoms with van der Waals surface area (Å²) in [7, 11) is -0.785. The van der Waals surface area contributed by atoms with Gasteiger partial charge in [-0.1, -0.05) is 18.5 Å². The summed E-state index contributed by atoms with van der Waals surface area (Å²) in [6.45, 7) is 1.97. The number of methoxy groups -OCH3 is 2. The van der Waals surface area contributed by atoms with Crippen molar-refractivity contribution in [3.63, 3.8) is 0 Å². The minimum Gasteiger partial charge on any atom is -0.495 e. The van der Waals surface area contributed by atoms with Gasteiger partial charge in [0.25, 0.3) is 10.0 Å². The number of nitrogens with one attached hydrogen (secondary N) is 1. The Bertz CT molecular complexity index is 771. The predicted octanol–water partition coefficient (Wildman–Crippen LogP) is 3.78. The van der Waals surface area contributed by atoms with Crippen LogP contribution in [0.1, 0.15) is 11.8 Å². The van der Waals surface area contributed by atoms with Crippen LogP contribution in [0.3, 0.4) is 0 Å². The number of sulfonamides is 1. The maximum atomic E-state index is 12.5. The second-order valence-electron chi connectivity index (χ2n) is 4.37. The van der Waals surface area contributed by atoms with E-state index in [9.17, 15) is 8.42 Å². The first kappa shape index (κ1) is 16.9. The second kappa shape index (κ2) is 6.76. The molecule has 1 heterocycles. The molecule has 8 heteroatoms. The molecule has 1 aromatic carbocycles. The SMILES string of the molecule is CCc1ccc(S(=O)(=O)Nc2cc(OC)c(Cl)cc2OC)s1. The zero-order valence-electron chi connectivity index (χ0n) is 12.3. The maximum Gasteiger partial charge on any atom is 0.271 e. The average molecular weight is 362 g/mol. The molecule has 2 rings (SSSR count). The molecule has 0 saturated heterocycles. The highest BCUT2D eigenvalue weighted by molar-refractivity contribution is 7.94. The molecule has 5 nitrogen and oxygen atoms in total. The van der Waals surface area contributed by atoms with Crippen LogP contribution in [0.4, 0.5) is 5.69 Å². The predicted molar refractivity (Wildman–Crippen MR) is 89.1 cm³/mol. The van der Waals surface area contributed by atoms with Gasteiger partial charge in [0.1, 0.15) is 15.7 Å². The molecular formula is C14H16ClNO4S2. The van der Waals surface area contributed by atoms with Gasteiger partial charge >= 0.3 is 0 Å². The third-order valence-corrected chi connectivity index (χ3v) is 6.35. The Labute approximate surface area is 138 Å². The van der Waals surface area contributed by atoms with Gasteiger partial charge in [0.15, 0.2) is 0 Å². The molecule has 0 radical (unpaired) electrons. The summed E-state index contributed by atoms with van der Waals surface area (Å²) in [5.74, 6) is 0.683. The lowest BCUT2D eigenvalue weighted by Gasteiger charge is -2.13. The van der Waals surface area contributed by atoms with Crippen molar-refractivity contribution in [3.8, 4) is 11.5 Å². The first-order valence-electron chi connectivity index (χ1n) is 6.44. The fourth-order valence-electron chi connectivity index (χ4n) is 1.83. The van der Waals surface area contributed by atoms with Gasteiger partial charge in [-0.05, 0) is 18.6 Å². The molecular weight excluding hydrogens is 346 g/mol. The number of ether oxygens (including phenoxy) is 2. The number of benzene rings is 1. The lowest BCUT2D eigenvalue weighted by atomic mass is 10.3. The van der Waals surface area contributed by atoms with Crippen LogP contribution in [0.2, 0.25) is 5.02 Å². The molecule has 2 aromatic rings. The van der Waals surface area contributed by atoms with Gasteiger partial charge in [0.05, 0.1) is 24.9 Å². The van der Waals surface area contributed by atoms with Gasteiger partial charge in [-0.25, -0.2) is 8.42 Å². The summed E-state index contributed by atoms with van der Waals surface area (Å²) in [6.07, 6.45) is 0.790. The number of halogens is 1. The summed E-state index contributed by atoms with van der Waals surface area (Å²) in [4.78, 5) is 1.00. The molecule has 22 heavy (non-hydrogen) atoms. The molecule has 0 saturated carbocycles. The van der Waals surface area contributed by atoms with E-state index >= 15 is 0 Å². The van der Waals surface area contributed by atoms with E-state index in [-0.39, 0.29) is 9.90 Å². The number of thiophene rings is 1. The van der Waals surface area contributed by atoms with Crippen molar-refractivity contribution in [1.82, 2.24) is 0 Å². The van der Waals surface area contributed by atoms with E-state index in [2.05, 4.69) is 4.72 Å². The van der Waals surface area contributed by atoms with E-state index in [4.69, 9.17) is 21.1 Å². The smallest absolute Gasteiger partial charge is 0.271 e. The quantitative estimate of drug-likeness (QED) is 0.850. The first-order valence-corrected chi connectivity index (χ1v) is 9.12. The van der Waals surface area contributed by atoms with Crippen molar-refractivity contribution in [3.05, 3.63) is 34.2 Å². The van der Waals surface area contributed by atoms with Crippen LogP contribution in [-0.2, 0) is 16.4 Å². The van der Waals surface area contributed by atoms with Crippen LogP contribution in [0.5, 0.6) is 11.5 Å². The summed E-state index contributed by atoms with van der Waals surface area (Å²) in [5, 5.41) is 0.340. The van der Waals surface area contributed by atoms with Gasteiger partial charge in [-0.15, -0.1) is 11.3 Å².